The van der Waals surface area contributed by atoms with Crippen LogP contribution in [0.25, 0.3) is 0 Å². The number of piperazine rings is 1. The molecule has 0 saturated carbocycles. The van der Waals surface area contributed by atoms with Crippen molar-refractivity contribution in [2.75, 3.05) is 52.4 Å². The molecule has 1 unspecified atom stereocenters. The molecule has 38 heavy (non-hydrogen) atoms. The first kappa shape index (κ1) is 30.0. The minimum absolute atomic E-state index is 0.181. The molecule has 0 aliphatic carbocycles. The van der Waals surface area contributed by atoms with Gasteiger partial charge in [0.15, 0.2) is 0 Å². The molecular formula is C30H42F3N3O2. The van der Waals surface area contributed by atoms with Crippen LogP contribution in [0, 0.1) is 13.8 Å². The summed E-state index contributed by atoms with van der Waals surface area (Å²) < 4.78 is 44.6. The number of rotatable bonds is 11. The Morgan fingerprint density at radius 3 is 2.16 bits per heavy atom. The third kappa shape index (κ3) is 7.50. The Labute approximate surface area is 225 Å². The van der Waals surface area contributed by atoms with Gasteiger partial charge < -0.3 is 14.5 Å². The molecule has 2 aromatic rings. The van der Waals surface area contributed by atoms with Crippen LogP contribution in [0.1, 0.15) is 72.3 Å². The molecule has 210 valence electrons. The lowest BCUT2D eigenvalue weighted by Crippen LogP contribution is -2.49. The van der Waals surface area contributed by atoms with E-state index >= 15 is 0 Å². The van der Waals surface area contributed by atoms with Crippen molar-refractivity contribution in [3.05, 3.63) is 64.2 Å². The lowest BCUT2D eigenvalue weighted by molar-refractivity contribution is -0.137. The van der Waals surface area contributed by atoms with E-state index in [1.54, 1.807) is 4.90 Å². The van der Waals surface area contributed by atoms with Crippen molar-refractivity contribution >= 4 is 5.91 Å². The molecule has 0 N–H and O–H groups in total. The van der Waals surface area contributed by atoms with E-state index < -0.39 is 11.7 Å². The Balaban J connectivity index is 1.53. The van der Waals surface area contributed by atoms with Crippen LogP contribution in [0.2, 0.25) is 0 Å². The summed E-state index contributed by atoms with van der Waals surface area (Å²) in [6, 6.07) is 8.87. The van der Waals surface area contributed by atoms with Crippen molar-refractivity contribution in [3.63, 3.8) is 0 Å². The number of benzene rings is 2. The SMILES string of the molecule is CCN(CC)CCCCOc1ccc(C(C)N2CCN(C(=O)c3ccc(C(F)(F)F)cc3)CC2)c(C)c1C. The molecule has 1 saturated heterocycles. The zero-order chi connectivity index (χ0) is 27.9. The number of alkyl halides is 3. The highest BCUT2D eigenvalue weighted by Crippen LogP contribution is 2.32. The van der Waals surface area contributed by atoms with E-state index in [1.807, 2.05) is 0 Å². The molecule has 1 heterocycles. The standard InChI is InChI=1S/C30H42F3N3O2/c1-6-34(7-2)16-8-9-21-38-28-15-14-27(22(3)23(28)4)24(5)35-17-19-36(20-18-35)29(37)25-10-12-26(13-11-25)30(31,32)33/h10-15,24H,6-9,16-21H2,1-5H3. The number of ether oxygens (including phenoxy) is 1. The molecule has 8 heteroatoms. The van der Waals surface area contributed by atoms with Gasteiger partial charge >= 0.3 is 6.18 Å². The summed E-state index contributed by atoms with van der Waals surface area (Å²) in [5.74, 6) is 0.713. The highest BCUT2D eigenvalue weighted by molar-refractivity contribution is 5.94. The van der Waals surface area contributed by atoms with Crippen LogP contribution in [0.3, 0.4) is 0 Å². The first-order chi connectivity index (χ1) is 18.1. The summed E-state index contributed by atoms with van der Waals surface area (Å²) in [5, 5.41) is 0. The molecule has 0 aromatic heterocycles. The van der Waals surface area contributed by atoms with Crippen LogP contribution in [0.5, 0.6) is 5.75 Å². The molecular weight excluding hydrogens is 491 g/mol. The Bertz CT molecular complexity index is 1040. The minimum Gasteiger partial charge on any atom is -0.493 e. The van der Waals surface area contributed by atoms with E-state index in [4.69, 9.17) is 4.74 Å². The van der Waals surface area contributed by atoms with Crippen molar-refractivity contribution < 1.29 is 22.7 Å². The maximum absolute atomic E-state index is 12.8. The normalized spacial score (nSPS) is 15.7. The second-order valence-electron chi connectivity index (χ2n) is 10.1. The number of nitrogens with zero attached hydrogens (tertiary/aromatic N) is 3. The largest absolute Gasteiger partial charge is 0.493 e. The molecule has 0 bridgehead atoms. The van der Waals surface area contributed by atoms with Crippen LogP contribution in [-0.4, -0.2) is 73.0 Å². The van der Waals surface area contributed by atoms with Gasteiger partial charge in [-0.15, -0.1) is 0 Å². The highest BCUT2D eigenvalue weighted by Gasteiger charge is 2.31. The average molecular weight is 534 g/mol. The number of hydrogen-bond acceptors (Lipinski definition) is 4. The predicted molar refractivity (Wildman–Crippen MR) is 146 cm³/mol. The number of carbonyl (C=O) groups is 1. The smallest absolute Gasteiger partial charge is 0.416 e. The van der Waals surface area contributed by atoms with Gasteiger partial charge in [0.05, 0.1) is 12.2 Å². The van der Waals surface area contributed by atoms with E-state index in [2.05, 4.69) is 56.6 Å². The zero-order valence-corrected chi connectivity index (χ0v) is 23.4. The van der Waals surface area contributed by atoms with Gasteiger partial charge in [-0.05, 0) is 100 Å². The van der Waals surface area contributed by atoms with Crippen LogP contribution in [0.15, 0.2) is 36.4 Å². The number of unbranched alkanes of at least 4 members (excludes halogenated alkanes) is 1. The predicted octanol–water partition coefficient (Wildman–Crippen LogP) is 6.34. The fraction of sp³-hybridized carbons (Fsp3) is 0.567. The second kappa shape index (κ2) is 13.5. The van der Waals surface area contributed by atoms with Gasteiger partial charge in [0, 0.05) is 37.8 Å². The van der Waals surface area contributed by atoms with Gasteiger partial charge in [-0.3, -0.25) is 9.69 Å². The van der Waals surface area contributed by atoms with Gasteiger partial charge in [0.1, 0.15) is 5.75 Å². The van der Waals surface area contributed by atoms with Gasteiger partial charge in [-0.25, -0.2) is 0 Å². The highest BCUT2D eigenvalue weighted by atomic mass is 19.4. The lowest BCUT2D eigenvalue weighted by Gasteiger charge is -2.39. The fourth-order valence-electron chi connectivity index (χ4n) is 5.08. The van der Waals surface area contributed by atoms with Gasteiger partial charge in [-0.2, -0.15) is 13.2 Å². The molecule has 1 aliphatic heterocycles. The molecule has 3 rings (SSSR count). The van der Waals surface area contributed by atoms with Gasteiger partial charge in [-0.1, -0.05) is 19.9 Å². The van der Waals surface area contributed by atoms with E-state index in [-0.39, 0.29) is 17.5 Å². The summed E-state index contributed by atoms with van der Waals surface area (Å²) >= 11 is 0. The molecule has 0 spiro atoms. The van der Waals surface area contributed by atoms with E-state index in [0.717, 1.165) is 55.9 Å². The van der Waals surface area contributed by atoms with Crippen LogP contribution < -0.4 is 4.74 Å². The number of amides is 1. The number of hydrogen-bond donors (Lipinski definition) is 0. The topological polar surface area (TPSA) is 36.0 Å². The maximum atomic E-state index is 12.8. The van der Waals surface area contributed by atoms with Crippen LogP contribution in [-0.2, 0) is 6.18 Å². The molecule has 1 aliphatic rings. The third-order valence-electron chi connectivity index (χ3n) is 7.86. The van der Waals surface area contributed by atoms with Gasteiger partial charge in [0.2, 0.25) is 0 Å². The van der Waals surface area contributed by atoms with Crippen molar-refractivity contribution in [3.8, 4) is 5.75 Å². The molecule has 1 atom stereocenters. The average Bonchev–Trinajstić information content (AvgIpc) is 2.92. The minimum atomic E-state index is -4.41. The van der Waals surface area contributed by atoms with Crippen molar-refractivity contribution in [1.82, 2.24) is 14.7 Å². The quantitative estimate of drug-likeness (QED) is 0.316. The monoisotopic (exact) mass is 533 g/mol. The molecule has 0 radical (unpaired) electrons. The second-order valence-corrected chi connectivity index (χ2v) is 10.1. The Morgan fingerprint density at radius 1 is 0.947 bits per heavy atom. The van der Waals surface area contributed by atoms with E-state index in [0.29, 0.717) is 32.8 Å². The number of halogens is 3. The molecule has 5 nitrogen and oxygen atoms in total. The third-order valence-corrected chi connectivity index (χ3v) is 7.86. The fourth-order valence-corrected chi connectivity index (χ4v) is 5.08. The summed E-state index contributed by atoms with van der Waals surface area (Å²) in [6.45, 7) is 17.3. The Hall–Kier alpha value is -2.58. The van der Waals surface area contributed by atoms with Crippen molar-refractivity contribution in [1.29, 1.82) is 0 Å². The Morgan fingerprint density at radius 2 is 1.58 bits per heavy atom. The summed E-state index contributed by atoms with van der Waals surface area (Å²) in [4.78, 5) is 19.3. The van der Waals surface area contributed by atoms with Crippen LogP contribution in [0.4, 0.5) is 13.2 Å². The van der Waals surface area contributed by atoms with Crippen molar-refractivity contribution in [2.24, 2.45) is 0 Å². The van der Waals surface area contributed by atoms with E-state index in [1.165, 1.54) is 23.3 Å². The lowest BCUT2D eigenvalue weighted by atomic mass is 9.96. The summed E-state index contributed by atoms with van der Waals surface area (Å²) in [5.41, 5.74) is 3.18. The first-order valence-corrected chi connectivity index (χ1v) is 13.7. The molecule has 1 amide bonds. The van der Waals surface area contributed by atoms with Crippen molar-refractivity contribution in [2.45, 2.75) is 59.7 Å². The molecule has 1 fully saturated rings. The maximum Gasteiger partial charge on any atom is 0.416 e. The summed E-state index contributed by atoms with van der Waals surface area (Å²) in [7, 11) is 0. The zero-order valence-electron chi connectivity index (χ0n) is 23.4. The summed E-state index contributed by atoms with van der Waals surface area (Å²) in [6.07, 6.45) is -2.25. The number of carbonyl (C=O) groups excluding carboxylic acids is 1. The first-order valence-electron chi connectivity index (χ1n) is 13.7. The van der Waals surface area contributed by atoms with E-state index in [9.17, 15) is 18.0 Å². The molecule has 2 aromatic carbocycles. The Kier molecular flexibility index (Phi) is 10.6. The van der Waals surface area contributed by atoms with Gasteiger partial charge in [0.25, 0.3) is 5.91 Å². The van der Waals surface area contributed by atoms with Crippen LogP contribution >= 0.6 is 0 Å².